The largest absolute Gasteiger partial charge is 0.444 e. The summed E-state index contributed by atoms with van der Waals surface area (Å²) in [6.07, 6.45) is -0.0274. The summed E-state index contributed by atoms with van der Waals surface area (Å²) in [5.74, 6) is 0. The van der Waals surface area contributed by atoms with Crippen LogP contribution in [0.1, 0.15) is 38.8 Å². The smallest absolute Gasteiger partial charge is 0.411 e. The van der Waals surface area contributed by atoms with E-state index in [4.69, 9.17) is 4.74 Å². The van der Waals surface area contributed by atoms with Crippen LogP contribution >= 0.6 is 0 Å². The molecule has 0 radical (unpaired) electrons. The molecular weight excluding hydrogens is 300 g/mol. The van der Waals surface area contributed by atoms with Crippen molar-refractivity contribution in [2.45, 2.75) is 45.8 Å². The van der Waals surface area contributed by atoms with E-state index in [-0.39, 0.29) is 5.69 Å². The minimum absolute atomic E-state index is 0.0399. The van der Waals surface area contributed by atoms with Crippen LogP contribution in [0.25, 0.3) is 0 Å². The van der Waals surface area contributed by atoms with E-state index in [1.165, 1.54) is 30.1 Å². The Morgan fingerprint density at radius 3 is 2.26 bits per heavy atom. The second-order valence-corrected chi connectivity index (χ2v) is 6.56. The fourth-order valence-corrected chi connectivity index (χ4v) is 2.04. The maximum Gasteiger partial charge on any atom is 0.411 e. The number of hydrogen-bond acceptors (Lipinski definition) is 5. The Morgan fingerprint density at radius 1 is 1.30 bits per heavy atom. The van der Waals surface area contributed by atoms with Crippen molar-refractivity contribution in [3.8, 4) is 0 Å². The number of carbonyl (C=O) groups excluding carboxylic acids is 2. The molecule has 0 bridgehead atoms. The normalized spacial score (nSPS) is 13.8. The standard InChI is InChI=1S/C16H22N2O5/c1-11-9-12(7-8-13(11)18(21)22)16(5,10-19)17(6)14(20)23-15(2,3)4/h7-10H,1-6H3. The van der Waals surface area contributed by atoms with Crippen LogP contribution in [0.3, 0.4) is 0 Å². The minimum atomic E-state index is -1.29. The van der Waals surface area contributed by atoms with E-state index in [2.05, 4.69) is 0 Å². The van der Waals surface area contributed by atoms with Gasteiger partial charge in [-0.15, -0.1) is 0 Å². The van der Waals surface area contributed by atoms with Crippen LogP contribution in [0, 0.1) is 17.0 Å². The van der Waals surface area contributed by atoms with Crippen molar-refractivity contribution in [1.29, 1.82) is 0 Å². The summed E-state index contributed by atoms with van der Waals surface area (Å²) in [5, 5.41) is 10.9. The molecule has 1 aromatic rings. The monoisotopic (exact) mass is 322 g/mol. The lowest BCUT2D eigenvalue weighted by molar-refractivity contribution is -0.385. The predicted octanol–water partition coefficient (Wildman–Crippen LogP) is 3.18. The lowest BCUT2D eigenvalue weighted by Gasteiger charge is -2.35. The topological polar surface area (TPSA) is 89.8 Å². The highest BCUT2D eigenvalue weighted by Gasteiger charge is 2.37. The molecule has 1 unspecified atom stereocenters. The first-order valence-corrected chi connectivity index (χ1v) is 7.11. The summed E-state index contributed by atoms with van der Waals surface area (Å²) in [7, 11) is 1.46. The summed E-state index contributed by atoms with van der Waals surface area (Å²) in [4.78, 5) is 35.5. The zero-order valence-electron chi connectivity index (χ0n) is 14.2. The molecule has 1 atom stereocenters. The number of ether oxygens (including phenoxy) is 1. The van der Waals surface area contributed by atoms with Crippen molar-refractivity contribution in [2.24, 2.45) is 0 Å². The quantitative estimate of drug-likeness (QED) is 0.482. The molecule has 0 N–H and O–H groups in total. The fraction of sp³-hybridized carbons (Fsp3) is 0.500. The van der Waals surface area contributed by atoms with E-state index in [1.54, 1.807) is 34.6 Å². The van der Waals surface area contributed by atoms with Crippen molar-refractivity contribution in [2.75, 3.05) is 7.05 Å². The van der Waals surface area contributed by atoms with Gasteiger partial charge in [-0.25, -0.2) is 4.79 Å². The molecule has 0 aliphatic carbocycles. The Morgan fingerprint density at radius 2 is 1.87 bits per heavy atom. The third-order valence-electron chi connectivity index (χ3n) is 3.57. The molecule has 0 aromatic heterocycles. The van der Waals surface area contributed by atoms with Gasteiger partial charge in [0.15, 0.2) is 0 Å². The van der Waals surface area contributed by atoms with E-state index in [9.17, 15) is 19.7 Å². The Kier molecular flexibility index (Phi) is 5.14. The molecular formula is C16H22N2O5. The number of hydrogen-bond donors (Lipinski definition) is 0. The summed E-state index contributed by atoms with van der Waals surface area (Å²) < 4.78 is 5.28. The molecule has 1 aromatic carbocycles. The van der Waals surface area contributed by atoms with Gasteiger partial charge in [-0.2, -0.15) is 0 Å². The molecule has 0 saturated heterocycles. The lowest BCUT2D eigenvalue weighted by Crippen LogP contribution is -2.48. The Balaban J connectivity index is 3.23. The third kappa shape index (κ3) is 4.06. The predicted molar refractivity (Wildman–Crippen MR) is 85.2 cm³/mol. The number of aryl methyl sites for hydroxylation is 1. The summed E-state index contributed by atoms with van der Waals surface area (Å²) in [6.45, 7) is 8.33. The Bertz CT molecular complexity index is 636. The number of nitro benzene ring substituents is 1. The van der Waals surface area contributed by atoms with Crippen LogP contribution < -0.4 is 0 Å². The van der Waals surface area contributed by atoms with Crippen LogP contribution in [0.15, 0.2) is 18.2 Å². The molecule has 23 heavy (non-hydrogen) atoms. The number of likely N-dealkylation sites (N-methyl/N-ethyl adjacent to an activating group) is 1. The van der Waals surface area contributed by atoms with Crippen molar-refractivity contribution in [3.05, 3.63) is 39.4 Å². The molecule has 0 aliphatic rings. The summed E-state index contributed by atoms with van der Waals surface area (Å²) >= 11 is 0. The van der Waals surface area contributed by atoms with Crippen LogP contribution in [0.5, 0.6) is 0 Å². The maximum absolute atomic E-state index is 12.2. The van der Waals surface area contributed by atoms with Gasteiger partial charge in [0.25, 0.3) is 5.69 Å². The zero-order chi connectivity index (χ0) is 18.0. The van der Waals surface area contributed by atoms with Crippen molar-refractivity contribution < 1.29 is 19.2 Å². The van der Waals surface area contributed by atoms with Gasteiger partial charge in [-0.1, -0.05) is 0 Å². The van der Waals surface area contributed by atoms with Gasteiger partial charge >= 0.3 is 6.09 Å². The first-order chi connectivity index (χ1) is 10.4. The van der Waals surface area contributed by atoms with Gasteiger partial charge in [-0.05, 0) is 52.3 Å². The van der Waals surface area contributed by atoms with Gasteiger partial charge in [0, 0.05) is 18.7 Å². The van der Waals surface area contributed by atoms with Gasteiger partial charge in [0.1, 0.15) is 17.4 Å². The molecule has 126 valence electrons. The lowest BCUT2D eigenvalue weighted by atomic mass is 9.90. The van der Waals surface area contributed by atoms with Crippen LogP contribution in [0.4, 0.5) is 10.5 Å². The Labute approximate surface area is 135 Å². The molecule has 0 spiro atoms. The average molecular weight is 322 g/mol. The van der Waals surface area contributed by atoms with Crippen LogP contribution in [0.2, 0.25) is 0 Å². The second-order valence-electron chi connectivity index (χ2n) is 6.56. The average Bonchev–Trinajstić information content (AvgIpc) is 2.43. The van der Waals surface area contributed by atoms with E-state index in [0.29, 0.717) is 17.4 Å². The number of carbonyl (C=O) groups is 2. The highest BCUT2D eigenvalue weighted by atomic mass is 16.6. The molecule has 0 aliphatic heterocycles. The highest BCUT2D eigenvalue weighted by molar-refractivity contribution is 5.78. The molecule has 7 nitrogen and oxygen atoms in total. The first kappa shape index (κ1) is 18.6. The zero-order valence-corrected chi connectivity index (χ0v) is 14.2. The van der Waals surface area contributed by atoms with Crippen LogP contribution in [-0.2, 0) is 15.1 Å². The number of rotatable bonds is 4. The van der Waals surface area contributed by atoms with E-state index in [0.717, 1.165) is 0 Å². The third-order valence-corrected chi connectivity index (χ3v) is 3.57. The molecule has 0 heterocycles. The molecule has 1 rings (SSSR count). The molecule has 1 amide bonds. The van der Waals surface area contributed by atoms with Crippen LogP contribution in [-0.4, -0.2) is 34.9 Å². The van der Waals surface area contributed by atoms with Gasteiger partial charge in [0.2, 0.25) is 0 Å². The molecule has 7 heteroatoms. The number of benzene rings is 1. The summed E-state index contributed by atoms with van der Waals surface area (Å²) in [6, 6.07) is 4.34. The van der Waals surface area contributed by atoms with E-state index in [1.807, 2.05) is 0 Å². The van der Waals surface area contributed by atoms with Gasteiger partial charge in [-0.3, -0.25) is 15.0 Å². The minimum Gasteiger partial charge on any atom is -0.444 e. The van der Waals surface area contributed by atoms with Gasteiger partial charge in [0.05, 0.1) is 4.92 Å². The molecule has 0 saturated carbocycles. The number of amides is 1. The Hall–Kier alpha value is -2.44. The maximum atomic E-state index is 12.2. The SMILES string of the molecule is Cc1cc(C(C)(C=O)N(C)C(=O)OC(C)(C)C)ccc1[N+](=O)[O-]. The first-order valence-electron chi connectivity index (χ1n) is 7.11. The van der Waals surface area contributed by atoms with Gasteiger partial charge < -0.3 is 9.53 Å². The molecule has 0 fully saturated rings. The highest BCUT2D eigenvalue weighted by Crippen LogP contribution is 2.30. The second kappa shape index (κ2) is 6.36. The number of aldehydes is 1. The van der Waals surface area contributed by atoms with Crippen molar-refractivity contribution in [3.63, 3.8) is 0 Å². The van der Waals surface area contributed by atoms with Crippen molar-refractivity contribution in [1.82, 2.24) is 4.90 Å². The summed E-state index contributed by atoms with van der Waals surface area (Å²) in [5.41, 5.74) is -1.13. The van der Waals surface area contributed by atoms with E-state index >= 15 is 0 Å². The fourth-order valence-electron chi connectivity index (χ4n) is 2.04. The number of nitrogens with zero attached hydrogens (tertiary/aromatic N) is 2. The van der Waals surface area contributed by atoms with Crippen molar-refractivity contribution >= 4 is 18.1 Å². The number of nitro groups is 1. The van der Waals surface area contributed by atoms with E-state index < -0.39 is 22.2 Å².